The van der Waals surface area contributed by atoms with Gasteiger partial charge in [0.1, 0.15) is 5.82 Å². The predicted molar refractivity (Wildman–Crippen MR) is 131 cm³/mol. The molecule has 4 rings (SSSR count). The maximum Gasteiger partial charge on any atom is 0.166 e. The molecule has 3 heteroatoms. The van der Waals surface area contributed by atoms with Gasteiger partial charge in [0.15, 0.2) is 11.6 Å². The Morgan fingerprint density at radius 3 is 2.24 bits per heavy atom. The minimum Gasteiger partial charge on any atom is -0.207 e. The van der Waals surface area contributed by atoms with Crippen LogP contribution in [0.1, 0.15) is 67.2 Å². The van der Waals surface area contributed by atoms with Crippen LogP contribution in [0, 0.1) is 30.3 Å². The van der Waals surface area contributed by atoms with Crippen LogP contribution in [0.25, 0.3) is 17.2 Å². The largest absolute Gasteiger partial charge is 0.207 e. The molecule has 0 atom stereocenters. The van der Waals surface area contributed by atoms with Gasteiger partial charge in [-0.05, 0) is 84.7 Å². The summed E-state index contributed by atoms with van der Waals surface area (Å²) in [5.41, 5.74) is 4.22. The summed E-state index contributed by atoms with van der Waals surface area (Å²) in [5, 5.41) is 0. The van der Waals surface area contributed by atoms with E-state index in [1.165, 1.54) is 5.56 Å². The average Bonchev–Trinajstić information content (AvgIpc) is 2.83. The van der Waals surface area contributed by atoms with E-state index in [0.29, 0.717) is 28.2 Å². The highest BCUT2D eigenvalue weighted by molar-refractivity contribution is 5.65. The third kappa shape index (κ3) is 5.40. The minimum atomic E-state index is -0.751. The molecule has 0 aromatic heterocycles. The summed E-state index contributed by atoms with van der Waals surface area (Å²) in [6.45, 7) is 3.87. The molecule has 3 aromatic rings. The molecule has 0 nitrogen and oxygen atoms in total. The van der Waals surface area contributed by atoms with Crippen molar-refractivity contribution >= 4 is 6.08 Å². The van der Waals surface area contributed by atoms with E-state index in [9.17, 15) is 8.78 Å². The summed E-state index contributed by atoms with van der Waals surface area (Å²) in [5.74, 6) is -1.25. The van der Waals surface area contributed by atoms with Crippen LogP contribution >= 0.6 is 0 Å². The Morgan fingerprint density at radius 2 is 1.58 bits per heavy atom. The minimum absolute atomic E-state index is 0.0296. The molecule has 0 aliphatic heterocycles. The third-order valence-electron chi connectivity index (χ3n) is 6.88. The van der Waals surface area contributed by atoms with Gasteiger partial charge >= 0.3 is 0 Å². The van der Waals surface area contributed by atoms with Crippen molar-refractivity contribution in [3.63, 3.8) is 0 Å². The molecule has 0 spiro atoms. The van der Waals surface area contributed by atoms with Gasteiger partial charge in [-0.2, -0.15) is 0 Å². The fourth-order valence-electron chi connectivity index (χ4n) is 4.82. The second kappa shape index (κ2) is 10.4. The number of hydrogen-bond acceptors (Lipinski definition) is 0. The van der Waals surface area contributed by atoms with Gasteiger partial charge < -0.3 is 0 Å². The summed E-state index contributed by atoms with van der Waals surface area (Å²) in [7, 11) is 0. The molecule has 0 amide bonds. The highest BCUT2D eigenvalue weighted by Gasteiger charge is 2.25. The van der Waals surface area contributed by atoms with Crippen molar-refractivity contribution in [3.05, 3.63) is 100 Å². The van der Waals surface area contributed by atoms with Crippen LogP contribution in [0.3, 0.4) is 0 Å². The quantitative estimate of drug-likeness (QED) is 0.353. The highest BCUT2D eigenvalue weighted by atomic mass is 19.2. The van der Waals surface area contributed by atoms with Crippen LogP contribution in [-0.2, 0) is 6.42 Å². The summed E-state index contributed by atoms with van der Waals surface area (Å²) < 4.78 is 43.8. The van der Waals surface area contributed by atoms with Crippen LogP contribution in [0.4, 0.5) is 13.2 Å². The van der Waals surface area contributed by atoms with Crippen LogP contribution in [0.5, 0.6) is 0 Å². The van der Waals surface area contributed by atoms with Crippen molar-refractivity contribution in [3.8, 4) is 11.1 Å². The van der Waals surface area contributed by atoms with Gasteiger partial charge in [-0.1, -0.05) is 74.0 Å². The molecule has 1 fully saturated rings. The molecule has 33 heavy (non-hydrogen) atoms. The lowest BCUT2D eigenvalue weighted by Gasteiger charge is -2.27. The van der Waals surface area contributed by atoms with E-state index in [1.807, 2.05) is 36.4 Å². The Hall–Kier alpha value is -2.81. The fourth-order valence-corrected chi connectivity index (χ4v) is 4.82. The lowest BCUT2D eigenvalue weighted by molar-refractivity contribution is 0.365. The fraction of sp³-hybridized carbons (Fsp3) is 0.333. The normalized spacial score (nSPS) is 18.7. The lowest BCUT2D eigenvalue weighted by atomic mass is 9.78. The number of aryl methyl sites for hydroxylation is 2. The van der Waals surface area contributed by atoms with E-state index in [0.717, 1.165) is 44.1 Å². The van der Waals surface area contributed by atoms with Crippen molar-refractivity contribution in [1.82, 2.24) is 0 Å². The first-order chi connectivity index (χ1) is 16.0. The second-order valence-electron chi connectivity index (χ2n) is 9.26. The Labute approximate surface area is 195 Å². The third-order valence-corrected chi connectivity index (χ3v) is 6.88. The first kappa shape index (κ1) is 23.4. The van der Waals surface area contributed by atoms with Crippen LogP contribution in [-0.4, -0.2) is 0 Å². The molecule has 0 radical (unpaired) electrons. The number of hydrogen-bond donors (Lipinski definition) is 0. The summed E-state index contributed by atoms with van der Waals surface area (Å²) in [6, 6.07) is 16.5. The SMILES string of the molecule is CCCc1ccc(-c2ccc(C3CCC(/C=C/c4ccc(C)c(F)c4)CC3)c(F)c2F)cc1. The number of benzene rings is 3. The van der Waals surface area contributed by atoms with E-state index in [1.54, 1.807) is 31.2 Å². The molecule has 1 aliphatic carbocycles. The standard InChI is InChI=1S/C30H31F3/c1-3-4-21-9-13-24(14-10-21)26-17-18-27(30(33)29(26)32)25-15-11-22(12-16-25)7-8-23-6-5-20(2)28(31)19-23/h5-10,13-14,17-19,22,25H,3-4,11-12,15-16H2,1-2H3/b8-7+. The van der Waals surface area contributed by atoms with E-state index < -0.39 is 11.6 Å². The molecule has 0 bridgehead atoms. The molecule has 1 aliphatic rings. The van der Waals surface area contributed by atoms with Crippen molar-refractivity contribution in [2.24, 2.45) is 5.92 Å². The van der Waals surface area contributed by atoms with Gasteiger partial charge in [0.05, 0.1) is 0 Å². The van der Waals surface area contributed by atoms with E-state index in [4.69, 9.17) is 0 Å². The van der Waals surface area contributed by atoms with Gasteiger partial charge in [-0.25, -0.2) is 13.2 Å². The second-order valence-corrected chi connectivity index (χ2v) is 9.26. The lowest BCUT2D eigenvalue weighted by Crippen LogP contribution is -2.13. The Balaban J connectivity index is 1.42. The van der Waals surface area contributed by atoms with Gasteiger partial charge in [0, 0.05) is 5.56 Å². The van der Waals surface area contributed by atoms with Crippen LogP contribution in [0.2, 0.25) is 0 Å². The highest BCUT2D eigenvalue weighted by Crippen LogP contribution is 2.39. The zero-order chi connectivity index (χ0) is 23.4. The molecular formula is C30H31F3. The van der Waals surface area contributed by atoms with Crippen LogP contribution < -0.4 is 0 Å². The summed E-state index contributed by atoms with van der Waals surface area (Å²) in [4.78, 5) is 0. The van der Waals surface area contributed by atoms with Crippen molar-refractivity contribution < 1.29 is 13.2 Å². The van der Waals surface area contributed by atoms with Crippen molar-refractivity contribution in [2.75, 3.05) is 0 Å². The zero-order valence-electron chi connectivity index (χ0n) is 19.4. The molecular weight excluding hydrogens is 417 g/mol. The molecule has 0 unspecified atom stereocenters. The Morgan fingerprint density at radius 1 is 0.848 bits per heavy atom. The van der Waals surface area contributed by atoms with Crippen LogP contribution in [0.15, 0.2) is 60.7 Å². The molecule has 0 saturated heterocycles. The van der Waals surface area contributed by atoms with Crippen molar-refractivity contribution in [2.45, 2.75) is 58.3 Å². The van der Waals surface area contributed by atoms with Crippen molar-refractivity contribution in [1.29, 1.82) is 0 Å². The van der Waals surface area contributed by atoms with E-state index >= 15 is 4.39 Å². The zero-order valence-corrected chi connectivity index (χ0v) is 19.4. The topological polar surface area (TPSA) is 0 Å². The summed E-state index contributed by atoms with van der Waals surface area (Å²) in [6.07, 6.45) is 9.60. The molecule has 0 N–H and O–H groups in total. The average molecular weight is 449 g/mol. The maximum atomic E-state index is 15.0. The van der Waals surface area contributed by atoms with Gasteiger partial charge in [-0.3, -0.25) is 0 Å². The number of allylic oxidation sites excluding steroid dienone is 1. The van der Waals surface area contributed by atoms with Gasteiger partial charge in [-0.15, -0.1) is 0 Å². The summed E-state index contributed by atoms with van der Waals surface area (Å²) >= 11 is 0. The molecule has 0 heterocycles. The van der Waals surface area contributed by atoms with Gasteiger partial charge in [0.2, 0.25) is 0 Å². The molecule has 3 aromatic carbocycles. The Kier molecular flexibility index (Phi) is 7.37. The Bertz CT molecular complexity index is 1120. The van der Waals surface area contributed by atoms with Gasteiger partial charge in [0.25, 0.3) is 0 Å². The van der Waals surface area contributed by atoms with E-state index in [2.05, 4.69) is 13.0 Å². The monoisotopic (exact) mass is 448 g/mol. The maximum absolute atomic E-state index is 15.0. The molecule has 172 valence electrons. The van der Waals surface area contributed by atoms with E-state index in [-0.39, 0.29) is 11.7 Å². The number of rotatable bonds is 6. The molecule has 1 saturated carbocycles. The smallest absolute Gasteiger partial charge is 0.166 e. The number of halogens is 3. The first-order valence-electron chi connectivity index (χ1n) is 12.0. The first-order valence-corrected chi connectivity index (χ1v) is 12.0. The predicted octanol–water partition coefficient (Wildman–Crippen LogP) is 9.02.